The Morgan fingerprint density at radius 1 is 1.07 bits per heavy atom. The Hall–Kier alpha value is -3.84. The number of benzene rings is 3. The van der Waals surface area contributed by atoms with Gasteiger partial charge in [-0.3, -0.25) is 4.79 Å². The second-order valence-electron chi connectivity index (χ2n) is 9.98. The third kappa shape index (κ3) is 5.99. The van der Waals surface area contributed by atoms with Crippen molar-refractivity contribution >= 4 is 28.7 Å². The average molecular weight is 562 g/mol. The van der Waals surface area contributed by atoms with Crippen LogP contribution in [0.1, 0.15) is 63.6 Å². The normalized spacial score (nSPS) is 12.3. The molecule has 0 radical (unpaired) electrons. The van der Waals surface area contributed by atoms with Gasteiger partial charge in [-0.2, -0.15) is 9.78 Å². The molecule has 0 aliphatic rings. The lowest BCUT2D eigenvalue weighted by atomic mass is 9.96. The lowest BCUT2D eigenvalue weighted by Gasteiger charge is -2.18. The summed E-state index contributed by atoms with van der Waals surface area (Å²) in [5.41, 5.74) is 3.75. The number of rotatable bonds is 10. The number of halogens is 1. The van der Waals surface area contributed by atoms with Crippen LogP contribution >= 0.6 is 11.6 Å². The topological polar surface area (TPSA) is 74.9 Å². The highest BCUT2D eigenvalue weighted by molar-refractivity contribution is 6.32. The van der Waals surface area contributed by atoms with Crippen LogP contribution in [0.3, 0.4) is 0 Å². The number of fused-ring (bicyclic) bond motifs is 1. The van der Waals surface area contributed by atoms with Crippen LogP contribution in [0.5, 0.6) is 17.2 Å². The number of hydrogen-bond donors (Lipinski definition) is 0. The fourth-order valence-electron chi connectivity index (χ4n) is 4.41. The van der Waals surface area contributed by atoms with E-state index in [0.717, 1.165) is 28.9 Å². The lowest BCUT2D eigenvalue weighted by Crippen LogP contribution is -2.21. The molecular weight excluding hydrogens is 526 g/mol. The van der Waals surface area contributed by atoms with Crippen molar-refractivity contribution in [2.24, 2.45) is 5.10 Å². The third-order valence-corrected chi connectivity index (χ3v) is 7.02. The Labute approximate surface area is 240 Å². The number of ether oxygens (including phenoxy) is 3. The first-order valence-corrected chi connectivity index (χ1v) is 13.9. The van der Waals surface area contributed by atoms with Gasteiger partial charge in [-0.1, -0.05) is 44.5 Å². The van der Waals surface area contributed by atoms with Crippen LogP contribution in [-0.2, 0) is 0 Å². The summed E-state index contributed by atoms with van der Waals surface area (Å²) in [6.07, 6.45) is 2.38. The van der Waals surface area contributed by atoms with Gasteiger partial charge in [0.15, 0.2) is 17.3 Å². The Morgan fingerprint density at radius 3 is 2.50 bits per heavy atom. The maximum absolute atomic E-state index is 13.8. The van der Waals surface area contributed by atoms with Crippen LogP contribution in [0, 0.1) is 6.92 Å². The van der Waals surface area contributed by atoms with E-state index in [1.807, 2.05) is 52.0 Å². The van der Waals surface area contributed by atoms with E-state index in [0.29, 0.717) is 45.4 Å². The summed E-state index contributed by atoms with van der Waals surface area (Å²) >= 11 is 6.58. The smallest absolute Gasteiger partial charge is 0.282 e. The number of hydrogen-bond acceptors (Lipinski definition) is 6. The van der Waals surface area contributed by atoms with Gasteiger partial charge in [-0.25, -0.2) is 4.98 Å². The van der Waals surface area contributed by atoms with Gasteiger partial charge in [-0.15, -0.1) is 0 Å². The summed E-state index contributed by atoms with van der Waals surface area (Å²) in [5, 5.41) is 5.50. The molecule has 3 aromatic carbocycles. The minimum atomic E-state index is -0.272. The van der Waals surface area contributed by atoms with Crippen LogP contribution in [0.25, 0.3) is 22.3 Å². The second-order valence-corrected chi connectivity index (χ2v) is 10.4. The van der Waals surface area contributed by atoms with Crippen molar-refractivity contribution in [3.63, 3.8) is 0 Å². The summed E-state index contributed by atoms with van der Waals surface area (Å²) in [6, 6.07) is 14.9. The number of para-hydroxylation sites is 1. The molecule has 4 aromatic rings. The number of aryl methyl sites for hydroxylation is 1. The van der Waals surface area contributed by atoms with Crippen molar-refractivity contribution in [3.8, 4) is 28.6 Å². The minimum absolute atomic E-state index is 0.0242. The molecule has 0 aliphatic heterocycles. The van der Waals surface area contributed by atoms with E-state index in [4.69, 9.17) is 30.8 Å². The van der Waals surface area contributed by atoms with E-state index < -0.39 is 0 Å². The van der Waals surface area contributed by atoms with Gasteiger partial charge in [-0.05, 0) is 86.2 Å². The average Bonchev–Trinajstić information content (AvgIpc) is 2.93. The Kier molecular flexibility index (Phi) is 9.15. The molecule has 7 nitrogen and oxygen atoms in total. The minimum Gasteiger partial charge on any atom is -0.494 e. The lowest BCUT2D eigenvalue weighted by molar-refractivity contribution is 0.208. The maximum Gasteiger partial charge on any atom is 0.282 e. The summed E-state index contributed by atoms with van der Waals surface area (Å²) in [6.45, 7) is 12.8. The van der Waals surface area contributed by atoms with Gasteiger partial charge in [0.1, 0.15) is 5.75 Å². The van der Waals surface area contributed by atoms with Crippen LogP contribution in [0.4, 0.5) is 0 Å². The molecule has 0 fully saturated rings. The number of methoxy groups -OCH3 is 1. The van der Waals surface area contributed by atoms with E-state index in [1.54, 1.807) is 31.5 Å². The van der Waals surface area contributed by atoms with Crippen molar-refractivity contribution in [2.45, 2.75) is 60.0 Å². The SMILES string of the molecule is CCOc1cc(C)c(-c2nc3ccccc3c(=O)n2N=Cc2cc(Cl)c(O[C@H](C)CC)c(OC)c2)cc1C(C)C. The van der Waals surface area contributed by atoms with Crippen LogP contribution < -0.4 is 19.8 Å². The van der Waals surface area contributed by atoms with Crippen molar-refractivity contribution in [3.05, 3.63) is 80.6 Å². The highest BCUT2D eigenvalue weighted by Gasteiger charge is 2.19. The first kappa shape index (κ1) is 29.2. The molecule has 4 rings (SSSR count). The van der Waals surface area contributed by atoms with Crippen LogP contribution in [0.15, 0.2) is 58.4 Å². The molecule has 40 heavy (non-hydrogen) atoms. The Bertz CT molecular complexity index is 1610. The molecule has 1 heterocycles. The maximum atomic E-state index is 13.8. The van der Waals surface area contributed by atoms with Crippen molar-refractivity contribution in [1.82, 2.24) is 9.66 Å². The van der Waals surface area contributed by atoms with Crippen LogP contribution in [-0.4, -0.2) is 35.7 Å². The molecule has 0 saturated heterocycles. The molecule has 0 unspecified atom stereocenters. The van der Waals surface area contributed by atoms with Crippen molar-refractivity contribution in [2.75, 3.05) is 13.7 Å². The van der Waals surface area contributed by atoms with Gasteiger partial charge in [0.2, 0.25) is 0 Å². The third-order valence-electron chi connectivity index (χ3n) is 6.74. The van der Waals surface area contributed by atoms with E-state index in [9.17, 15) is 4.79 Å². The predicted molar refractivity (Wildman–Crippen MR) is 163 cm³/mol. The van der Waals surface area contributed by atoms with Gasteiger partial charge >= 0.3 is 0 Å². The fourth-order valence-corrected chi connectivity index (χ4v) is 4.68. The molecule has 0 N–H and O–H groups in total. The molecule has 210 valence electrons. The molecule has 0 spiro atoms. The van der Waals surface area contributed by atoms with E-state index in [1.165, 1.54) is 4.68 Å². The zero-order valence-electron chi connectivity index (χ0n) is 24.1. The summed E-state index contributed by atoms with van der Waals surface area (Å²) in [5.74, 6) is 2.45. The zero-order chi connectivity index (χ0) is 29.0. The Morgan fingerprint density at radius 2 is 1.82 bits per heavy atom. The monoisotopic (exact) mass is 561 g/mol. The molecule has 0 aliphatic carbocycles. The molecule has 1 aromatic heterocycles. The van der Waals surface area contributed by atoms with E-state index in [-0.39, 0.29) is 17.6 Å². The van der Waals surface area contributed by atoms with Crippen LogP contribution in [0.2, 0.25) is 5.02 Å². The quantitative estimate of drug-likeness (QED) is 0.186. The molecule has 8 heteroatoms. The van der Waals surface area contributed by atoms with E-state index >= 15 is 0 Å². The van der Waals surface area contributed by atoms with E-state index in [2.05, 4.69) is 25.0 Å². The second kappa shape index (κ2) is 12.6. The summed E-state index contributed by atoms with van der Waals surface area (Å²) in [4.78, 5) is 18.7. The molecular formula is C32H36ClN3O4. The van der Waals surface area contributed by atoms with Gasteiger partial charge in [0, 0.05) is 5.56 Å². The zero-order valence-corrected chi connectivity index (χ0v) is 24.9. The first-order valence-electron chi connectivity index (χ1n) is 13.6. The Balaban J connectivity index is 1.90. The van der Waals surface area contributed by atoms with Gasteiger partial charge in [0.25, 0.3) is 5.56 Å². The molecule has 1 atom stereocenters. The highest BCUT2D eigenvalue weighted by Crippen LogP contribution is 2.37. The summed E-state index contributed by atoms with van der Waals surface area (Å²) < 4.78 is 18.8. The van der Waals surface area contributed by atoms with Crippen molar-refractivity contribution in [1.29, 1.82) is 0 Å². The van der Waals surface area contributed by atoms with Gasteiger partial charge < -0.3 is 14.2 Å². The molecule has 0 saturated carbocycles. The standard InChI is InChI=1S/C32H36ClN3O4/c1-8-21(6)40-30-26(33)15-22(16-29(30)38-7)18-34-36-31(35-27-13-11-10-12-23(27)32(36)37)25-17-24(19(3)4)28(39-9-2)14-20(25)5/h10-19,21H,8-9H2,1-7H3/t21-/m1/s1. The highest BCUT2D eigenvalue weighted by atomic mass is 35.5. The number of nitrogens with zero attached hydrogens (tertiary/aromatic N) is 3. The van der Waals surface area contributed by atoms with Gasteiger partial charge in [0.05, 0.1) is 42.0 Å². The largest absolute Gasteiger partial charge is 0.494 e. The first-order chi connectivity index (χ1) is 19.2. The predicted octanol–water partition coefficient (Wildman–Crippen LogP) is 7.62. The van der Waals surface area contributed by atoms with Crippen molar-refractivity contribution < 1.29 is 14.2 Å². The molecule has 0 amide bonds. The molecule has 0 bridgehead atoms. The summed E-state index contributed by atoms with van der Waals surface area (Å²) in [7, 11) is 1.56. The number of aromatic nitrogens is 2. The fraction of sp³-hybridized carbons (Fsp3) is 0.344.